The lowest BCUT2D eigenvalue weighted by Crippen LogP contribution is -2.32. The Hall–Kier alpha value is -0.120. The fourth-order valence-corrected chi connectivity index (χ4v) is 2.46. The van der Waals surface area contributed by atoms with Crippen LogP contribution in [0.1, 0.15) is 26.2 Å². The molecule has 0 heterocycles. The van der Waals surface area contributed by atoms with E-state index in [1.165, 1.54) is 0 Å². The van der Waals surface area contributed by atoms with Gasteiger partial charge in [-0.3, -0.25) is 0 Å². The van der Waals surface area contributed by atoms with Crippen molar-refractivity contribution in [2.75, 3.05) is 5.75 Å². The molecule has 0 aromatic carbocycles. The summed E-state index contributed by atoms with van der Waals surface area (Å²) in [5.74, 6) is -0.292. The van der Waals surface area contributed by atoms with Crippen LogP contribution in [0, 0.1) is 5.41 Å². The minimum absolute atomic E-state index is 0.256. The lowest BCUT2D eigenvalue weighted by molar-refractivity contribution is 0.192. The molecular formula is C6H11FO2S. The van der Waals surface area contributed by atoms with Crippen molar-refractivity contribution in [2.45, 2.75) is 26.2 Å². The van der Waals surface area contributed by atoms with E-state index >= 15 is 0 Å². The number of hydrogen-bond donors (Lipinski definition) is 0. The first-order valence-corrected chi connectivity index (χ1v) is 4.89. The molecule has 0 atom stereocenters. The Kier molecular flexibility index (Phi) is 1.75. The topological polar surface area (TPSA) is 34.1 Å². The maximum Gasteiger partial charge on any atom is 0.302 e. The standard InChI is InChI=1S/C6H11FO2S/c1-6(3-2-4-6)5-10(7,8)9/h2-5H2,1H3. The molecule has 1 aliphatic carbocycles. The Labute approximate surface area is 60.6 Å². The summed E-state index contributed by atoms with van der Waals surface area (Å²) in [6.07, 6.45) is 2.72. The average Bonchev–Trinajstić information content (AvgIpc) is 1.57. The summed E-state index contributed by atoms with van der Waals surface area (Å²) in [5.41, 5.74) is -0.256. The van der Waals surface area contributed by atoms with Crippen LogP contribution in [-0.2, 0) is 10.2 Å². The molecule has 0 spiro atoms. The van der Waals surface area contributed by atoms with E-state index in [4.69, 9.17) is 0 Å². The third-order valence-electron chi connectivity index (χ3n) is 2.08. The number of hydrogen-bond acceptors (Lipinski definition) is 2. The largest absolute Gasteiger partial charge is 0.302 e. The van der Waals surface area contributed by atoms with Crippen LogP contribution >= 0.6 is 0 Å². The molecule has 0 saturated heterocycles. The SMILES string of the molecule is CC1(CS(=O)(=O)F)CCC1. The van der Waals surface area contributed by atoms with Gasteiger partial charge in [0.05, 0.1) is 5.75 Å². The van der Waals surface area contributed by atoms with Crippen LogP contribution in [0.2, 0.25) is 0 Å². The minimum Gasteiger partial charge on any atom is -0.195 e. The van der Waals surface area contributed by atoms with Crippen LogP contribution in [0.15, 0.2) is 0 Å². The molecule has 0 amide bonds. The highest BCUT2D eigenvalue weighted by atomic mass is 32.3. The van der Waals surface area contributed by atoms with Gasteiger partial charge in [0.2, 0.25) is 0 Å². The molecule has 60 valence electrons. The van der Waals surface area contributed by atoms with Gasteiger partial charge in [0.25, 0.3) is 0 Å². The van der Waals surface area contributed by atoms with Crippen LogP contribution in [0.5, 0.6) is 0 Å². The zero-order chi connectivity index (χ0) is 7.83. The van der Waals surface area contributed by atoms with Gasteiger partial charge in [-0.2, -0.15) is 8.42 Å². The normalized spacial score (nSPS) is 23.8. The summed E-state index contributed by atoms with van der Waals surface area (Å²) in [6, 6.07) is 0. The minimum atomic E-state index is -4.24. The van der Waals surface area contributed by atoms with Gasteiger partial charge in [-0.25, -0.2) is 0 Å². The van der Waals surface area contributed by atoms with E-state index in [0.717, 1.165) is 19.3 Å². The highest BCUT2D eigenvalue weighted by Gasteiger charge is 2.36. The molecule has 0 bridgehead atoms. The Morgan fingerprint density at radius 2 is 2.00 bits per heavy atom. The molecule has 0 radical (unpaired) electrons. The number of rotatable bonds is 2. The van der Waals surface area contributed by atoms with Crippen molar-refractivity contribution in [2.24, 2.45) is 5.41 Å². The highest BCUT2D eigenvalue weighted by Crippen LogP contribution is 2.41. The van der Waals surface area contributed by atoms with Crippen molar-refractivity contribution >= 4 is 10.2 Å². The van der Waals surface area contributed by atoms with E-state index in [0.29, 0.717) is 0 Å². The van der Waals surface area contributed by atoms with Crippen LogP contribution in [-0.4, -0.2) is 14.2 Å². The van der Waals surface area contributed by atoms with E-state index in [2.05, 4.69) is 0 Å². The molecule has 0 unspecified atom stereocenters. The third-order valence-corrected chi connectivity index (χ3v) is 3.12. The van der Waals surface area contributed by atoms with Crippen molar-refractivity contribution in [3.63, 3.8) is 0 Å². The third kappa shape index (κ3) is 1.94. The van der Waals surface area contributed by atoms with Gasteiger partial charge in [0.1, 0.15) is 0 Å². The molecule has 0 aromatic rings. The molecule has 1 aliphatic rings. The Morgan fingerprint density at radius 1 is 1.50 bits per heavy atom. The zero-order valence-corrected chi connectivity index (χ0v) is 6.75. The van der Waals surface area contributed by atoms with Crippen molar-refractivity contribution in [1.29, 1.82) is 0 Å². The average molecular weight is 166 g/mol. The van der Waals surface area contributed by atoms with Crippen LogP contribution < -0.4 is 0 Å². The summed E-state index contributed by atoms with van der Waals surface area (Å²) in [6.45, 7) is 1.81. The van der Waals surface area contributed by atoms with E-state index in [9.17, 15) is 12.3 Å². The Morgan fingerprint density at radius 3 is 2.10 bits per heavy atom. The van der Waals surface area contributed by atoms with Gasteiger partial charge in [-0.1, -0.05) is 13.3 Å². The van der Waals surface area contributed by atoms with Gasteiger partial charge in [-0.05, 0) is 18.3 Å². The Bertz CT molecular complexity index is 216. The van der Waals surface area contributed by atoms with E-state index in [1.54, 1.807) is 0 Å². The highest BCUT2D eigenvalue weighted by molar-refractivity contribution is 7.86. The first-order chi connectivity index (χ1) is 4.41. The summed E-state index contributed by atoms with van der Waals surface area (Å²) >= 11 is 0. The van der Waals surface area contributed by atoms with Gasteiger partial charge >= 0.3 is 10.2 Å². The molecule has 4 heteroatoms. The quantitative estimate of drug-likeness (QED) is 0.582. The molecule has 0 aliphatic heterocycles. The molecule has 2 nitrogen and oxygen atoms in total. The second-order valence-corrected chi connectivity index (χ2v) is 4.71. The first kappa shape index (κ1) is 7.98. The fourth-order valence-electron chi connectivity index (χ4n) is 1.34. The van der Waals surface area contributed by atoms with Gasteiger partial charge in [-0.15, -0.1) is 3.89 Å². The van der Waals surface area contributed by atoms with Gasteiger partial charge in [0.15, 0.2) is 0 Å². The van der Waals surface area contributed by atoms with Crippen LogP contribution in [0.4, 0.5) is 3.89 Å². The lowest BCUT2D eigenvalue weighted by atomic mass is 9.72. The first-order valence-electron chi connectivity index (χ1n) is 3.34. The molecule has 1 saturated carbocycles. The van der Waals surface area contributed by atoms with Crippen LogP contribution in [0.3, 0.4) is 0 Å². The van der Waals surface area contributed by atoms with Crippen molar-refractivity contribution < 1.29 is 12.3 Å². The molecular weight excluding hydrogens is 155 g/mol. The lowest BCUT2D eigenvalue weighted by Gasteiger charge is -2.36. The second kappa shape index (κ2) is 2.19. The van der Waals surface area contributed by atoms with Crippen molar-refractivity contribution in [1.82, 2.24) is 0 Å². The van der Waals surface area contributed by atoms with E-state index in [1.807, 2.05) is 6.92 Å². The monoisotopic (exact) mass is 166 g/mol. The maximum absolute atomic E-state index is 12.1. The second-order valence-electron chi connectivity index (χ2n) is 3.35. The van der Waals surface area contributed by atoms with Gasteiger partial charge < -0.3 is 0 Å². The van der Waals surface area contributed by atoms with Gasteiger partial charge in [0, 0.05) is 0 Å². The maximum atomic E-state index is 12.1. The fraction of sp³-hybridized carbons (Fsp3) is 1.00. The number of halogens is 1. The zero-order valence-electron chi connectivity index (χ0n) is 5.93. The van der Waals surface area contributed by atoms with Crippen LogP contribution in [0.25, 0.3) is 0 Å². The van der Waals surface area contributed by atoms with E-state index in [-0.39, 0.29) is 11.2 Å². The predicted molar refractivity (Wildman–Crippen MR) is 36.9 cm³/mol. The molecule has 10 heavy (non-hydrogen) atoms. The summed E-state index contributed by atoms with van der Waals surface area (Å²) in [4.78, 5) is 0. The van der Waals surface area contributed by atoms with E-state index < -0.39 is 10.2 Å². The van der Waals surface area contributed by atoms with Crippen molar-refractivity contribution in [3.05, 3.63) is 0 Å². The van der Waals surface area contributed by atoms with Crippen molar-refractivity contribution in [3.8, 4) is 0 Å². The summed E-state index contributed by atoms with van der Waals surface area (Å²) in [7, 11) is -4.24. The summed E-state index contributed by atoms with van der Waals surface area (Å²) in [5, 5.41) is 0. The molecule has 0 N–H and O–H groups in total. The predicted octanol–water partition coefficient (Wildman–Crippen LogP) is 1.48. The molecule has 1 rings (SSSR count). The Balaban J connectivity index is 2.53. The molecule has 0 aromatic heterocycles. The molecule has 1 fully saturated rings. The summed E-state index contributed by atoms with van der Waals surface area (Å²) < 4.78 is 32.4. The smallest absolute Gasteiger partial charge is 0.195 e.